The van der Waals surface area contributed by atoms with Crippen LogP contribution in [-0.4, -0.2) is 35.7 Å². The van der Waals surface area contributed by atoms with Crippen molar-refractivity contribution in [2.24, 2.45) is 10.7 Å². The van der Waals surface area contributed by atoms with Gasteiger partial charge in [-0.3, -0.25) is 0 Å². The van der Waals surface area contributed by atoms with E-state index in [1.807, 2.05) is 6.92 Å². The first kappa shape index (κ1) is 17.5. The largest absolute Gasteiger partial charge is 0.319 e. The number of hydrogen-bond acceptors (Lipinski definition) is 6. The molecule has 1 aromatic heterocycles. The normalized spacial score (nSPS) is 20.6. The summed E-state index contributed by atoms with van der Waals surface area (Å²) in [7, 11) is -3.80. The van der Waals surface area contributed by atoms with Gasteiger partial charge in [0.25, 0.3) is 0 Å². The van der Waals surface area contributed by atoms with Crippen molar-refractivity contribution in [2.45, 2.75) is 40.7 Å². The van der Waals surface area contributed by atoms with Gasteiger partial charge in [0.2, 0.25) is 9.84 Å². The SMILES string of the molecule is CSc1nn2c(c1S(=O)(=O)c1cccc(Cl)c1)N=C(C)C(C)(N)C2. The second kappa shape index (κ2) is 5.87. The maximum atomic E-state index is 13.1. The fourth-order valence-electron chi connectivity index (χ4n) is 2.47. The average Bonchev–Trinajstić information content (AvgIpc) is 2.85. The molecule has 0 amide bonds. The Kier molecular flexibility index (Phi) is 4.28. The van der Waals surface area contributed by atoms with Gasteiger partial charge in [-0.1, -0.05) is 17.7 Å². The van der Waals surface area contributed by atoms with Crippen molar-refractivity contribution in [3.05, 3.63) is 29.3 Å². The van der Waals surface area contributed by atoms with E-state index in [9.17, 15) is 8.42 Å². The monoisotopic (exact) mass is 384 g/mol. The summed E-state index contributed by atoms with van der Waals surface area (Å²) in [4.78, 5) is 4.67. The highest BCUT2D eigenvalue weighted by atomic mass is 35.5. The number of thioether (sulfide) groups is 1. The minimum atomic E-state index is -3.80. The van der Waals surface area contributed by atoms with Crippen LogP contribution in [0.3, 0.4) is 0 Å². The van der Waals surface area contributed by atoms with E-state index < -0.39 is 15.4 Å². The number of sulfone groups is 1. The Morgan fingerprint density at radius 3 is 2.75 bits per heavy atom. The van der Waals surface area contributed by atoms with Gasteiger partial charge in [0.05, 0.1) is 17.0 Å². The molecule has 6 nitrogen and oxygen atoms in total. The molecule has 2 heterocycles. The van der Waals surface area contributed by atoms with Gasteiger partial charge in [0.15, 0.2) is 5.82 Å². The fourth-order valence-corrected chi connectivity index (χ4v) is 5.20. The Balaban J connectivity index is 2.26. The Labute approximate surface area is 150 Å². The third kappa shape index (κ3) is 2.77. The molecule has 1 aliphatic heterocycles. The van der Waals surface area contributed by atoms with E-state index in [2.05, 4.69) is 10.1 Å². The summed E-state index contributed by atoms with van der Waals surface area (Å²) >= 11 is 7.22. The molecular weight excluding hydrogens is 368 g/mol. The van der Waals surface area contributed by atoms with Crippen molar-refractivity contribution in [1.82, 2.24) is 9.78 Å². The molecule has 0 aliphatic carbocycles. The Morgan fingerprint density at radius 2 is 2.12 bits per heavy atom. The van der Waals surface area contributed by atoms with E-state index in [0.717, 1.165) is 0 Å². The summed E-state index contributed by atoms with van der Waals surface area (Å²) in [6.45, 7) is 4.02. The van der Waals surface area contributed by atoms with E-state index in [1.54, 1.807) is 30.0 Å². The highest BCUT2D eigenvalue weighted by molar-refractivity contribution is 7.99. The van der Waals surface area contributed by atoms with Gasteiger partial charge in [-0.05, 0) is 38.3 Å². The van der Waals surface area contributed by atoms with Gasteiger partial charge in [-0.2, -0.15) is 5.10 Å². The number of aliphatic imine (C=N–C) groups is 1. The molecule has 0 spiro atoms. The molecule has 128 valence electrons. The van der Waals surface area contributed by atoms with Crippen molar-refractivity contribution in [2.75, 3.05) is 6.26 Å². The molecule has 0 bridgehead atoms. The van der Waals surface area contributed by atoms with E-state index in [4.69, 9.17) is 17.3 Å². The smallest absolute Gasteiger partial charge is 0.213 e. The van der Waals surface area contributed by atoms with E-state index in [-0.39, 0.29) is 9.79 Å². The van der Waals surface area contributed by atoms with E-state index >= 15 is 0 Å². The van der Waals surface area contributed by atoms with Crippen molar-refractivity contribution < 1.29 is 8.42 Å². The van der Waals surface area contributed by atoms with Crippen LogP contribution in [0.4, 0.5) is 5.82 Å². The summed E-state index contributed by atoms with van der Waals surface area (Å²) in [6, 6.07) is 6.18. The van der Waals surface area contributed by atoms with Gasteiger partial charge in [-0.25, -0.2) is 18.1 Å². The minimum absolute atomic E-state index is 0.104. The second-order valence-electron chi connectivity index (χ2n) is 5.90. The van der Waals surface area contributed by atoms with E-state index in [0.29, 0.717) is 28.1 Å². The lowest BCUT2D eigenvalue weighted by Gasteiger charge is -2.28. The molecular formula is C15H17ClN4O2S2. The summed E-state index contributed by atoms with van der Waals surface area (Å²) in [6.07, 6.45) is 1.78. The van der Waals surface area contributed by atoms with Crippen LogP contribution in [-0.2, 0) is 16.4 Å². The fraction of sp³-hybridized carbons (Fsp3) is 0.333. The van der Waals surface area contributed by atoms with Crippen LogP contribution >= 0.6 is 23.4 Å². The summed E-state index contributed by atoms with van der Waals surface area (Å²) in [5.74, 6) is 0.319. The molecule has 2 N–H and O–H groups in total. The first-order chi connectivity index (χ1) is 11.2. The first-order valence-corrected chi connectivity index (χ1v) is 10.3. The molecule has 2 aromatic rings. The van der Waals surface area contributed by atoms with Crippen LogP contribution in [0.5, 0.6) is 0 Å². The number of halogens is 1. The lowest BCUT2D eigenvalue weighted by Crippen LogP contribution is -2.49. The van der Waals surface area contributed by atoms with Gasteiger partial charge in [-0.15, -0.1) is 11.8 Å². The molecule has 0 saturated heterocycles. The number of nitrogens with two attached hydrogens (primary N) is 1. The Morgan fingerprint density at radius 1 is 1.42 bits per heavy atom. The maximum Gasteiger partial charge on any atom is 0.213 e. The molecule has 9 heteroatoms. The minimum Gasteiger partial charge on any atom is -0.319 e. The van der Waals surface area contributed by atoms with Crippen LogP contribution in [0.15, 0.2) is 44.1 Å². The number of aromatic nitrogens is 2. The number of nitrogens with zero attached hydrogens (tertiary/aromatic N) is 3. The highest BCUT2D eigenvalue weighted by Crippen LogP contribution is 2.39. The number of fused-ring (bicyclic) bond motifs is 1. The molecule has 0 saturated carbocycles. The molecule has 0 fully saturated rings. The molecule has 1 atom stereocenters. The zero-order chi connectivity index (χ0) is 17.7. The first-order valence-electron chi connectivity index (χ1n) is 7.17. The van der Waals surface area contributed by atoms with Crippen LogP contribution in [0.25, 0.3) is 0 Å². The lowest BCUT2D eigenvalue weighted by atomic mass is 9.97. The van der Waals surface area contributed by atoms with Crippen LogP contribution in [0.2, 0.25) is 5.02 Å². The molecule has 1 aromatic carbocycles. The quantitative estimate of drug-likeness (QED) is 0.821. The lowest BCUT2D eigenvalue weighted by molar-refractivity contribution is 0.458. The predicted octanol–water partition coefficient (Wildman–Crippen LogP) is 2.91. The van der Waals surface area contributed by atoms with E-state index in [1.165, 1.54) is 23.9 Å². The van der Waals surface area contributed by atoms with Crippen LogP contribution < -0.4 is 5.73 Å². The third-order valence-corrected chi connectivity index (χ3v) is 6.82. The predicted molar refractivity (Wildman–Crippen MR) is 96.3 cm³/mol. The van der Waals surface area contributed by atoms with Crippen molar-refractivity contribution >= 4 is 44.7 Å². The molecule has 1 aliphatic rings. The zero-order valence-corrected chi connectivity index (χ0v) is 15.8. The molecule has 0 radical (unpaired) electrons. The number of benzene rings is 1. The summed E-state index contributed by atoms with van der Waals surface area (Å²) in [5.41, 5.74) is 6.22. The molecule has 1 unspecified atom stereocenters. The topological polar surface area (TPSA) is 90.3 Å². The van der Waals surface area contributed by atoms with Gasteiger partial charge < -0.3 is 5.73 Å². The Hall–Kier alpha value is -1.35. The van der Waals surface area contributed by atoms with Gasteiger partial charge in [0.1, 0.15) is 9.92 Å². The zero-order valence-electron chi connectivity index (χ0n) is 13.4. The van der Waals surface area contributed by atoms with Gasteiger partial charge in [0, 0.05) is 10.7 Å². The van der Waals surface area contributed by atoms with Crippen LogP contribution in [0, 0.1) is 0 Å². The highest BCUT2D eigenvalue weighted by Gasteiger charge is 2.36. The third-order valence-electron chi connectivity index (χ3n) is 4.00. The molecule has 3 rings (SSSR count). The number of rotatable bonds is 3. The van der Waals surface area contributed by atoms with Crippen molar-refractivity contribution in [3.8, 4) is 0 Å². The van der Waals surface area contributed by atoms with Crippen molar-refractivity contribution in [3.63, 3.8) is 0 Å². The van der Waals surface area contributed by atoms with Crippen molar-refractivity contribution in [1.29, 1.82) is 0 Å². The summed E-state index contributed by atoms with van der Waals surface area (Å²) in [5, 5.41) is 5.15. The van der Waals surface area contributed by atoms with Crippen LogP contribution in [0.1, 0.15) is 13.8 Å². The second-order valence-corrected chi connectivity index (χ2v) is 9.01. The standard InChI is InChI=1S/C15H17ClN4O2S2/c1-9-15(2,17)8-20-13(18-9)12(14(19-20)23-3)24(21,22)11-6-4-5-10(16)7-11/h4-7H,8,17H2,1-3H3. The maximum absolute atomic E-state index is 13.1. The number of hydrogen-bond donors (Lipinski definition) is 1. The Bertz CT molecular complexity index is 948. The molecule has 24 heavy (non-hydrogen) atoms. The summed E-state index contributed by atoms with van der Waals surface area (Å²) < 4.78 is 27.8. The average molecular weight is 385 g/mol. The van der Waals surface area contributed by atoms with Gasteiger partial charge >= 0.3 is 0 Å².